The lowest BCUT2D eigenvalue weighted by Crippen LogP contribution is -2.28. The molecule has 0 bridgehead atoms. The van der Waals surface area contributed by atoms with Crippen molar-refractivity contribution in [3.8, 4) is 5.75 Å². The number of anilines is 1. The number of hydrogen-bond acceptors (Lipinski definition) is 5. The maximum Gasteiger partial charge on any atom is 0.320 e. The molecule has 2 N–H and O–H groups in total. The van der Waals surface area contributed by atoms with Crippen LogP contribution < -0.4 is 15.4 Å². The molecule has 0 saturated heterocycles. The number of thiazole rings is 1. The SMILES string of the molecule is COc1ccc(C)nc1NC(=O)NCc1nc(C2CC2)cs1. The predicted molar refractivity (Wildman–Crippen MR) is 85.5 cm³/mol. The van der Waals surface area contributed by atoms with Gasteiger partial charge >= 0.3 is 6.03 Å². The van der Waals surface area contributed by atoms with Gasteiger partial charge in [-0.25, -0.2) is 14.8 Å². The van der Waals surface area contributed by atoms with Gasteiger partial charge in [-0.3, -0.25) is 5.32 Å². The van der Waals surface area contributed by atoms with Crippen LogP contribution in [0.4, 0.5) is 10.6 Å². The molecular weight excluding hydrogens is 300 g/mol. The van der Waals surface area contributed by atoms with Gasteiger partial charge < -0.3 is 10.1 Å². The summed E-state index contributed by atoms with van der Waals surface area (Å²) in [5, 5.41) is 8.50. The molecule has 1 saturated carbocycles. The van der Waals surface area contributed by atoms with E-state index in [9.17, 15) is 4.79 Å². The van der Waals surface area contributed by atoms with E-state index < -0.39 is 0 Å². The predicted octanol–water partition coefficient (Wildman–Crippen LogP) is 3.05. The molecule has 2 aromatic heterocycles. The minimum absolute atomic E-state index is 0.320. The molecule has 22 heavy (non-hydrogen) atoms. The van der Waals surface area contributed by atoms with Crippen LogP contribution >= 0.6 is 11.3 Å². The Labute approximate surface area is 132 Å². The van der Waals surface area contributed by atoms with E-state index in [0.29, 0.717) is 24.0 Å². The first-order chi connectivity index (χ1) is 10.7. The summed E-state index contributed by atoms with van der Waals surface area (Å²) in [5.41, 5.74) is 1.97. The average Bonchev–Trinajstić information content (AvgIpc) is 3.24. The zero-order valence-electron chi connectivity index (χ0n) is 12.5. The minimum Gasteiger partial charge on any atom is -0.493 e. The van der Waals surface area contributed by atoms with Crippen LogP contribution in [0.5, 0.6) is 5.75 Å². The van der Waals surface area contributed by atoms with E-state index in [1.165, 1.54) is 12.8 Å². The molecule has 0 radical (unpaired) electrons. The van der Waals surface area contributed by atoms with Gasteiger partial charge in [-0.05, 0) is 31.9 Å². The number of urea groups is 1. The van der Waals surface area contributed by atoms with Crippen LogP contribution in [-0.4, -0.2) is 23.1 Å². The monoisotopic (exact) mass is 318 g/mol. The molecule has 0 atom stereocenters. The molecule has 1 fully saturated rings. The largest absolute Gasteiger partial charge is 0.493 e. The van der Waals surface area contributed by atoms with E-state index in [0.717, 1.165) is 16.4 Å². The third-order valence-electron chi connectivity index (χ3n) is 3.41. The van der Waals surface area contributed by atoms with E-state index in [1.54, 1.807) is 24.5 Å². The zero-order chi connectivity index (χ0) is 15.5. The number of aromatic nitrogens is 2. The van der Waals surface area contributed by atoms with Gasteiger partial charge in [0.1, 0.15) is 5.01 Å². The molecule has 116 valence electrons. The van der Waals surface area contributed by atoms with E-state index >= 15 is 0 Å². The topological polar surface area (TPSA) is 76.1 Å². The van der Waals surface area contributed by atoms with Crippen LogP contribution in [0.1, 0.15) is 35.2 Å². The number of pyridine rings is 1. The fourth-order valence-corrected chi connectivity index (χ4v) is 2.89. The molecule has 7 heteroatoms. The van der Waals surface area contributed by atoms with Gasteiger partial charge in [-0.1, -0.05) is 0 Å². The maximum absolute atomic E-state index is 12.0. The van der Waals surface area contributed by atoms with Gasteiger partial charge in [-0.15, -0.1) is 11.3 Å². The first-order valence-corrected chi connectivity index (χ1v) is 8.04. The molecule has 1 aliphatic rings. The number of carbonyl (C=O) groups excluding carboxylic acids is 1. The Morgan fingerprint density at radius 1 is 1.41 bits per heavy atom. The Morgan fingerprint density at radius 3 is 2.95 bits per heavy atom. The highest BCUT2D eigenvalue weighted by molar-refractivity contribution is 7.09. The Balaban J connectivity index is 1.56. The lowest BCUT2D eigenvalue weighted by molar-refractivity contribution is 0.251. The molecule has 6 nitrogen and oxygen atoms in total. The standard InChI is InChI=1S/C15H18N4O2S/c1-9-3-6-12(21-2)14(17-9)19-15(20)16-7-13-18-11(8-22-13)10-4-5-10/h3,6,8,10H,4-5,7H2,1-2H3,(H2,16,17,19,20). The van der Waals surface area contributed by atoms with Crippen molar-refractivity contribution < 1.29 is 9.53 Å². The maximum atomic E-state index is 12.0. The van der Waals surface area contributed by atoms with E-state index in [1.807, 2.05) is 13.0 Å². The van der Waals surface area contributed by atoms with Crippen molar-refractivity contribution in [3.05, 3.63) is 33.9 Å². The number of methoxy groups -OCH3 is 1. The summed E-state index contributed by atoms with van der Waals surface area (Å²) in [6.45, 7) is 2.27. The summed E-state index contributed by atoms with van der Waals surface area (Å²) < 4.78 is 5.19. The minimum atomic E-state index is -0.320. The number of rotatable bonds is 5. The summed E-state index contributed by atoms with van der Waals surface area (Å²) in [6.07, 6.45) is 2.46. The van der Waals surface area contributed by atoms with Crippen molar-refractivity contribution in [2.45, 2.75) is 32.2 Å². The zero-order valence-corrected chi connectivity index (χ0v) is 13.4. The van der Waals surface area contributed by atoms with Crippen LogP contribution in [0.2, 0.25) is 0 Å². The highest BCUT2D eigenvalue weighted by atomic mass is 32.1. The fraction of sp³-hybridized carbons (Fsp3) is 0.400. The Bertz CT molecular complexity index is 682. The van der Waals surface area contributed by atoms with Gasteiger partial charge in [-0.2, -0.15) is 0 Å². The van der Waals surface area contributed by atoms with Gasteiger partial charge in [0.2, 0.25) is 0 Å². The van der Waals surface area contributed by atoms with E-state index in [2.05, 4.69) is 26.0 Å². The summed E-state index contributed by atoms with van der Waals surface area (Å²) in [4.78, 5) is 20.8. The fourth-order valence-electron chi connectivity index (χ4n) is 2.08. The highest BCUT2D eigenvalue weighted by Crippen LogP contribution is 2.40. The quantitative estimate of drug-likeness (QED) is 0.888. The summed E-state index contributed by atoms with van der Waals surface area (Å²) >= 11 is 1.58. The third kappa shape index (κ3) is 3.54. The van der Waals surface area contributed by atoms with Crippen molar-refractivity contribution in [2.75, 3.05) is 12.4 Å². The second-order valence-corrected chi connectivity index (χ2v) is 6.19. The number of hydrogen-bond donors (Lipinski definition) is 2. The van der Waals surface area contributed by atoms with Crippen LogP contribution in [0.15, 0.2) is 17.5 Å². The molecule has 0 aromatic carbocycles. The van der Waals surface area contributed by atoms with Gasteiger partial charge in [0.05, 0.1) is 19.3 Å². The molecule has 0 unspecified atom stereocenters. The molecule has 1 aliphatic carbocycles. The number of aryl methyl sites for hydroxylation is 1. The molecule has 2 aromatic rings. The van der Waals surface area contributed by atoms with Gasteiger partial charge in [0.25, 0.3) is 0 Å². The van der Waals surface area contributed by atoms with Crippen molar-refractivity contribution >= 4 is 23.2 Å². The van der Waals surface area contributed by atoms with Gasteiger partial charge in [0, 0.05) is 17.0 Å². The van der Waals surface area contributed by atoms with Crippen LogP contribution in [-0.2, 0) is 6.54 Å². The molecular formula is C15H18N4O2S. The molecule has 2 amide bonds. The van der Waals surface area contributed by atoms with E-state index in [4.69, 9.17) is 4.74 Å². The Hall–Kier alpha value is -2.15. The Kier molecular flexibility index (Phi) is 4.24. The van der Waals surface area contributed by atoms with Crippen molar-refractivity contribution in [1.82, 2.24) is 15.3 Å². The number of nitrogens with zero attached hydrogens (tertiary/aromatic N) is 2. The smallest absolute Gasteiger partial charge is 0.320 e. The van der Waals surface area contributed by atoms with Crippen molar-refractivity contribution in [3.63, 3.8) is 0 Å². The number of amides is 2. The second kappa shape index (κ2) is 6.31. The molecule has 0 spiro atoms. The average molecular weight is 318 g/mol. The van der Waals surface area contributed by atoms with Crippen molar-refractivity contribution in [1.29, 1.82) is 0 Å². The molecule has 3 rings (SSSR count). The number of carbonyl (C=O) groups is 1. The first-order valence-electron chi connectivity index (χ1n) is 7.16. The number of ether oxygens (including phenoxy) is 1. The summed E-state index contributed by atoms with van der Waals surface area (Å²) in [5.74, 6) is 1.59. The normalized spacial score (nSPS) is 13.7. The third-order valence-corrected chi connectivity index (χ3v) is 4.28. The lowest BCUT2D eigenvalue weighted by Gasteiger charge is -2.10. The molecule has 0 aliphatic heterocycles. The lowest BCUT2D eigenvalue weighted by atomic mass is 10.3. The van der Waals surface area contributed by atoms with Crippen LogP contribution in [0, 0.1) is 6.92 Å². The van der Waals surface area contributed by atoms with Crippen LogP contribution in [0.3, 0.4) is 0 Å². The summed E-state index contributed by atoms with van der Waals surface area (Å²) in [6, 6.07) is 3.29. The second-order valence-electron chi connectivity index (χ2n) is 5.25. The van der Waals surface area contributed by atoms with Gasteiger partial charge in [0.15, 0.2) is 11.6 Å². The first kappa shape index (κ1) is 14.8. The van der Waals surface area contributed by atoms with E-state index in [-0.39, 0.29) is 6.03 Å². The van der Waals surface area contributed by atoms with Crippen LogP contribution in [0.25, 0.3) is 0 Å². The molecule has 2 heterocycles. The summed E-state index contributed by atoms with van der Waals surface area (Å²) in [7, 11) is 1.55. The Morgan fingerprint density at radius 2 is 2.23 bits per heavy atom. The van der Waals surface area contributed by atoms with Crippen molar-refractivity contribution in [2.24, 2.45) is 0 Å². The number of nitrogens with one attached hydrogen (secondary N) is 2. The highest BCUT2D eigenvalue weighted by Gasteiger charge is 2.25.